The van der Waals surface area contributed by atoms with Crippen LogP contribution in [0.2, 0.25) is 5.02 Å². The van der Waals surface area contributed by atoms with Crippen LogP contribution in [0.3, 0.4) is 0 Å². The zero-order valence-electron chi connectivity index (χ0n) is 13.3. The Hall–Kier alpha value is -2.53. The Bertz CT molecular complexity index is 843. The van der Waals surface area contributed by atoms with Crippen LogP contribution in [0.4, 0.5) is 0 Å². The van der Waals surface area contributed by atoms with Crippen molar-refractivity contribution >= 4 is 28.4 Å². The van der Waals surface area contributed by atoms with Crippen molar-refractivity contribution in [3.8, 4) is 5.75 Å². The average Bonchev–Trinajstić information content (AvgIpc) is 3.00. The first-order chi connectivity index (χ1) is 11.7. The number of fused-ring (bicyclic) bond motifs is 1. The van der Waals surface area contributed by atoms with Crippen molar-refractivity contribution in [2.75, 3.05) is 7.11 Å². The molecule has 124 valence electrons. The molecule has 2 aromatic carbocycles. The summed E-state index contributed by atoms with van der Waals surface area (Å²) in [5, 5.41) is 8.88. The number of hydrogen-bond donors (Lipinski definition) is 1. The van der Waals surface area contributed by atoms with E-state index < -0.39 is 0 Å². The third-order valence-electron chi connectivity index (χ3n) is 3.80. The van der Waals surface area contributed by atoms with Gasteiger partial charge in [0.05, 0.1) is 25.4 Å². The molecule has 0 saturated heterocycles. The number of amides is 1. The molecule has 0 atom stereocenters. The molecule has 0 unspecified atom stereocenters. The highest BCUT2D eigenvalue weighted by Crippen LogP contribution is 2.19. The molecular formula is C18H18ClN3O2. The Labute approximate surface area is 145 Å². The summed E-state index contributed by atoms with van der Waals surface area (Å²) >= 11 is 5.96. The predicted octanol–water partition coefficient (Wildman–Crippen LogP) is 3.40. The summed E-state index contributed by atoms with van der Waals surface area (Å²) < 4.78 is 6.93. The van der Waals surface area contributed by atoms with Crippen LogP contribution in [0, 0.1) is 0 Å². The highest BCUT2D eigenvalue weighted by Gasteiger charge is 2.06. The second kappa shape index (κ2) is 7.36. The minimum absolute atomic E-state index is 0.0107. The largest absolute Gasteiger partial charge is 0.497 e. The summed E-state index contributed by atoms with van der Waals surface area (Å²) in [5.41, 5.74) is 2.01. The molecular weight excluding hydrogens is 326 g/mol. The maximum absolute atomic E-state index is 12.0. The number of nitrogens with zero attached hydrogens (tertiary/aromatic N) is 2. The first kappa shape index (κ1) is 16.3. The number of methoxy groups -OCH3 is 1. The van der Waals surface area contributed by atoms with Gasteiger partial charge in [-0.1, -0.05) is 23.7 Å². The SMILES string of the molecule is COc1ccc(CNC(=O)CCn2ncc3cc(Cl)ccc32)cc1. The van der Waals surface area contributed by atoms with Crippen molar-refractivity contribution in [1.82, 2.24) is 15.1 Å². The highest BCUT2D eigenvalue weighted by molar-refractivity contribution is 6.31. The molecule has 1 aromatic heterocycles. The summed E-state index contributed by atoms with van der Waals surface area (Å²) in [6, 6.07) is 13.2. The van der Waals surface area contributed by atoms with E-state index in [4.69, 9.17) is 16.3 Å². The number of aryl methyl sites for hydroxylation is 1. The predicted molar refractivity (Wildman–Crippen MR) is 94.2 cm³/mol. The van der Waals surface area contributed by atoms with Crippen molar-refractivity contribution in [1.29, 1.82) is 0 Å². The van der Waals surface area contributed by atoms with Crippen LogP contribution in [0.5, 0.6) is 5.75 Å². The van der Waals surface area contributed by atoms with Crippen LogP contribution < -0.4 is 10.1 Å². The lowest BCUT2D eigenvalue weighted by Crippen LogP contribution is -2.24. The summed E-state index contributed by atoms with van der Waals surface area (Å²) in [7, 11) is 1.63. The van der Waals surface area contributed by atoms with Gasteiger partial charge in [-0.15, -0.1) is 0 Å². The van der Waals surface area contributed by atoms with Crippen LogP contribution in [0.1, 0.15) is 12.0 Å². The Kier molecular flexibility index (Phi) is 5.01. The third-order valence-corrected chi connectivity index (χ3v) is 4.04. The standard InChI is InChI=1S/C18H18ClN3O2/c1-24-16-5-2-13(3-6-16)11-20-18(23)8-9-22-17-7-4-15(19)10-14(17)12-21-22/h2-7,10,12H,8-9,11H2,1H3,(H,20,23). The van der Waals surface area contributed by atoms with Gasteiger partial charge >= 0.3 is 0 Å². The summed E-state index contributed by atoms with van der Waals surface area (Å²) in [6.45, 7) is 1.03. The molecule has 0 spiro atoms. The van der Waals surface area contributed by atoms with E-state index in [0.29, 0.717) is 24.5 Å². The molecule has 0 aliphatic rings. The van der Waals surface area contributed by atoms with Gasteiger partial charge < -0.3 is 10.1 Å². The number of nitrogens with one attached hydrogen (secondary N) is 1. The van der Waals surface area contributed by atoms with Gasteiger partial charge in [-0.25, -0.2) is 0 Å². The Morgan fingerprint density at radius 1 is 1.25 bits per heavy atom. The fraction of sp³-hybridized carbons (Fsp3) is 0.222. The topological polar surface area (TPSA) is 56.1 Å². The lowest BCUT2D eigenvalue weighted by atomic mass is 10.2. The Morgan fingerprint density at radius 3 is 2.79 bits per heavy atom. The number of carbonyl (C=O) groups excluding carboxylic acids is 1. The number of rotatable bonds is 6. The van der Waals surface area contributed by atoms with Gasteiger partial charge in [-0.2, -0.15) is 5.10 Å². The van der Waals surface area contributed by atoms with E-state index in [0.717, 1.165) is 22.2 Å². The van der Waals surface area contributed by atoms with Crippen LogP contribution in [0.15, 0.2) is 48.7 Å². The molecule has 0 fully saturated rings. The maximum atomic E-state index is 12.0. The van der Waals surface area contributed by atoms with Crippen molar-refractivity contribution in [2.24, 2.45) is 0 Å². The van der Waals surface area contributed by atoms with Gasteiger partial charge in [0.15, 0.2) is 0 Å². The van der Waals surface area contributed by atoms with E-state index in [1.54, 1.807) is 13.3 Å². The average molecular weight is 344 g/mol. The van der Waals surface area contributed by atoms with E-state index in [-0.39, 0.29) is 5.91 Å². The number of carbonyl (C=O) groups is 1. The lowest BCUT2D eigenvalue weighted by Gasteiger charge is -2.07. The zero-order valence-corrected chi connectivity index (χ0v) is 14.1. The number of benzene rings is 2. The minimum atomic E-state index is -0.0107. The smallest absolute Gasteiger partial charge is 0.222 e. The summed E-state index contributed by atoms with van der Waals surface area (Å²) in [6.07, 6.45) is 2.13. The molecule has 3 rings (SSSR count). The van der Waals surface area contributed by atoms with Gasteiger partial charge in [-0.3, -0.25) is 9.48 Å². The summed E-state index contributed by atoms with van der Waals surface area (Å²) in [5.74, 6) is 0.791. The normalized spacial score (nSPS) is 10.8. The first-order valence-electron chi connectivity index (χ1n) is 7.66. The molecule has 5 nitrogen and oxygen atoms in total. The van der Waals surface area contributed by atoms with Crippen molar-refractivity contribution in [2.45, 2.75) is 19.5 Å². The second-order valence-corrected chi connectivity index (χ2v) is 5.88. The molecule has 0 aliphatic heterocycles. The second-order valence-electron chi connectivity index (χ2n) is 5.45. The van der Waals surface area contributed by atoms with E-state index in [1.807, 2.05) is 47.1 Å². The Balaban J connectivity index is 1.53. The Morgan fingerprint density at radius 2 is 2.04 bits per heavy atom. The van der Waals surface area contributed by atoms with E-state index >= 15 is 0 Å². The van der Waals surface area contributed by atoms with Crippen molar-refractivity contribution < 1.29 is 9.53 Å². The monoisotopic (exact) mass is 343 g/mol. The number of aromatic nitrogens is 2. The molecule has 1 heterocycles. The fourth-order valence-corrected chi connectivity index (χ4v) is 2.66. The molecule has 6 heteroatoms. The van der Waals surface area contributed by atoms with Crippen LogP contribution in [-0.4, -0.2) is 22.8 Å². The number of ether oxygens (including phenoxy) is 1. The van der Waals surface area contributed by atoms with Crippen LogP contribution >= 0.6 is 11.6 Å². The fourth-order valence-electron chi connectivity index (χ4n) is 2.48. The van der Waals surface area contributed by atoms with Crippen molar-refractivity contribution in [3.05, 3.63) is 59.2 Å². The van der Waals surface area contributed by atoms with Gasteiger partial charge in [-0.05, 0) is 35.9 Å². The number of hydrogen-bond acceptors (Lipinski definition) is 3. The molecule has 3 aromatic rings. The van der Waals surface area contributed by atoms with Crippen LogP contribution in [-0.2, 0) is 17.9 Å². The van der Waals surface area contributed by atoms with Gasteiger partial charge in [0.25, 0.3) is 0 Å². The van der Waals surface area contributed by atoms with Gasteiger partial charge in [0, 0.05) is 23.4 Å². The first-order valence-corrected chi connectivity index (χ1v) is 8.04. The quantitative estimate of drug-likeness (QED) is 0.746. The lowest BCUT2D eigenvalue weighted by molar-refractivity contribution is -0.121. The van der Waals surface area contributed by atoms with E-state index in [9.17, 15) is 4.79 Å². The minimum Gasteiger partial charge on any atom is -0.497 e. The molecule has 0 saturated carbocycles. The van der Waals surface area contributed by atoms with E-state index in [2.05, 4.69) is 10.4 Å². The van der Waals surface area contributed by atoms with Crippen molar-refractivity contribution in [3.63, 3.8) is 0 Å². The van der Waals surface area contributed by atoms with Crippen LogP contribution in [0.25, 0.3) is 10.9 Å². The molecule has 0 radical (unpaired) electrons. The van der Waals surface area contributed by atoms with Gasteiger partial charge in [0.2, 0.25) is 5.91 Å². The number of halogens is 1. The maximum Gasteiger partial charge on any atom is 0.222 e. The summed E-state index contributed by atoms with van der Waals surface area (Å²) in [4.78, 5) is 12.0. The van der Waals surface area contributed by atoms with Gasteiger partial charge in [0.1, 0.15) is 5.75 Å². The molecule has 24 heavy (non-hydrogen) atoms. The van der Waals surface area contributed by atoms with E-state index in [1.165, 1.54) is 0 Å². The third kappa shape index (κ3) is 3.86. The molecule has 0 bridgehead atoms. The zero-order chi connectivity index (χ0) is 16.9. The molecule has 1 N–H and O–H groups in total. The highest BCUT2D eigenvalue weighted by atomic mass is 35.5. The molecule has 0 aliphatic carbocycles. The molecule has 1 amide bonds.